The summed E-state index contributed by atoms with van der Waals surface area (Å²) in [6.45, 7) is 9.61. The summed E-state index contributed by atoms with van der Waals surface area (Å²) in [5.41, 5.74) is 3.06. The van der Waals surface area contributed by atoms with E-state index in [1.54, 1.807) is 0 Å². The maximum atomic E-state index is 11.0. The van der Waals surface area contributed by atoms with Crippen molar-refractivity contribution in [3.05, 3.63) is 27.8 Å². The number of nitrogens with one attached hydrogen (secondary N) is 2. The summed E-state index contributed by atoms with van der Waals surface area (Å²) in [6, 6.07) is 0. The zero-order valence-electron chi connectivity index (χ0n) is 13.0. The van der Waals surface area contributed by atoms with Crippen molar-refractivity contribution >= 4 is 5.84 Å². The number of nitrogens with zero attached hydrogens (tertiary/aromatic N) is 2. The molecule has 0 fully saturated rings. The third-order valence-electron chi connectivity index (χ3n) is 3.42. The molecule has 2 N–H and O–H groups in total. The van der Waals surface area contributed by atoms with E-state index in [4.69, 9.17) is 0 Å². The van der Waals surface area contributed by atoms with Gasteiger partial charge in [0, 0.05) is 17.8 Å². The summed E-state index contributed by atoms with van der Waals surface area (Å²) < 4.78 is 0. The van der Waals surface area contributed by atoms with Crippen molar-refractivity contribution in [1.82, 2.24) is 10.6 Å². The van der Waals surface area contributed by atoms with Gasteiger partial charge in [-0.15, -0.1) is 4.91 Å². The van der Waals surface area contributed by atoms with Crippen LogP contribution >= 0.6 is 0 Å². The van der Waals surface area contributed by atoms with Crippen molar-refractivity contribution in [2.45, 2.75) is 53.1 Å². The molecule has 1 unspecified atom stereocenters. The van der Waals surface area contributed by atoms with Crippen LogP contribution in [0.15, 0.2) is 33.1 Å². The molecule has 0 aromatic heterocycles. The van der Waals surface area contributed by atoms with Crippen LogP contribution < -0.4 is 10.6 Å². The molecule has 1 heterocycles. The normalized spacial score (nSPS) is 19.7. The van der Waals surface area contributed by atoms with E-state index in [9.17, 15) is 4.91 Å². The minimum atomic E-state index is -0.0847. The number of rotatable bonds is 7. The number of hydrogen-bond donors (Lipinski definition) is 2. The molecule has 20 heavy (non-hydrogen) atoms. The minimum absolute atomic E-state index is 0.0847. The molecule has 5 heteroatoms. The van der Waals surface area contributed by atoms with Gasteiger partial charge < -0.3 is 5.32 Å². The summed E-state index contributed by atoms with van der Waals surface area (Å²) in [4.78, 5) is 15.2. The first-order chi connectivity index (χ1) is 9.63. The highest BCUT2D eigenvalue weighted by Crippen LogP contribution is 2.18. The van der Waals surface area contributed by atoms with Crippen molar-refractivity contribution in [2.24, 2.45) is 10.2 Å². The summed E-state index contributed by atoms with van der Waals surface area (Å²) in [5, 5.41) is 9.91. The summed E-state index contributed by atoms with van der Waals surface area (Å²) in [5.74, 6) is 0.292. The van der Waals surface area contributed by atoms with E-state index in [0.29, 0.717) is 12.4 Å². The molecule has 1 atom stereocenters. The number of dihydropyridines is 1. The fourth-order valence-electron chi connectivity index (χ4n) is 2.13. The van der Waals surface area contributed by atoms with Crippen LogP contribution in [0, 0.1) is 4.91 Å². The lowest BCUT2D eigenvalue weighted by Gasteiger charge is -2.28. The smallest absolute Gasteiger partial charge is 0.198 e. The van der Waals surface area contributed by atoms with Gasteiger partial charge in [0.15, 0.2) is 5.84 Å². The monoisotopic (exact) mass is 278 g/mol. The summed E-state index contributed by atoms with van der Waals surface area (Å²) in [6.07, 6.45) is 5.43. The highest BCUT2D eigenvalue weighted by molar-refractivity contribution is 6.00. The fraction of sp³-hybridized carbons (Fsp3) is 0.667. The first-order valence-corrected chi connectivity index (χ1v) is 7.41. The first kappa shape index (κ1) is 16.6. The average Bonchev–Trinajstić information content (AvgIpc) is 2.44. The molecule has 5 nitrogen and oxygen atoms in total. The van der Waals surface area contributed by atoms with Crippen molar-refractivity contribution < 1.29 is 0 Å². The first-order valence-electron chi connectivity index (χ1n) is 7.41. The van der Waals surface area contributed by atoms with Gasteiger partial charge in [0.05, 0.1) is 0 Å². The predicted octanol–water partition coefficient (Wildman–Crippen LogP) is 3.10. The van der Waals surface area contributed by atoms with Crippen LogP contribution in [-0.2, 0) is 0 Å². The third kappa shape index (κ3) is 4.56. The molecular weight excluding hydrogens is 252 g/mol. The molecule has 0 aliphatic carbocycles. The SMILES string of the molecule is CCCCCNC1NC(C)=C(C)C=C1C(N=O)=NCC. The number of aliphatic imine (C=N–C) groups is 1. The fourth-order valence-corrected chi connectivity index (χ4v) is 2.13. The van der Waals surface area contributed by atoms with Crippen LogP contribution in [0.25, 0.3) is 0 Å². The Bertz CT molecular complexity index is 424. The quantitative estimate of drug-likeness (QED) is 0.325. The van der Waals surface area contributed by atoms with Gasteiger partial charge >= 0.3 is 0 Å². The molecular formula is C15H26N4O. The van der Waals surface area contributed by atoms with E-state index in [2.05, 4.69) is 27.7 Å². The number of hydrogen-bond acceptors (Lipinski definition) is 4. The third-order valence-corrected chi connectivity index (χ3v) is 3.42. The molecule has 0 bridgehead atoms. The van der Waals surface area contributed by atoms with Crippen molar-refractivity contribution in [3.63, 3.8) is 0 Å². The Balaban J connectivity index is 2.84. The van der Waals surface area contributed by atoms with E-state index in [0.717, 1.165) is 29.8 Å². The van der Waals surface area contributed by atoms with Crippen LogP contribution in [-0.4, -0.2) is 25.1 Å². The van der Waals surface area contributed by atoms with E-state index in [-0.39, 0.29) is 6.17 Å². The van der Waals surface area contributed by atoms with Gasteiger partial charge in [-0.2, -0.15) is 0 Å². The van der Waals surface area contributed by atoms with Crippen LogP contribution in [0.5, 0.6) is 0 Å². The number of amidine groups is 1. The van der Waals surface area contributed by atoms with E-state index < -0.39 is 0 Å². The highest BCUT2D eigenvalue weighted by atomic mass is 16.3. The number of allylic oxidation sites excluding steroid dienone is 3. The van der Waals surface area contributed by atoms with Gasteiger partial charge in [0.25, 0.3) is 0 Å². The van der Waals surface area contributed by atoms with Gasteiger partial charge in [-0.05, 0) is 50.6 Å². The van der Waals surface area contributed by atoms with Crippen LogP contribution in [0.4, 0.5) is 0 Å². The summed E-state index contributed by atoms with van der Waals surface area (Å²) in [7, 11) is 0. The van der Waals surface area contributed by atoms with E-state index in [1.165, 1.54) is 12.8 Å². The van der Waals surface area contributed by atoms with Gasteiger partial charge in [0.1, 0.15) is 6.17 Å². The standard InChI is InChI=1S/C15H26N4O/c1-5-7-8-9-17-14-13(15(19-20)16-6-2)10-11(3)12(4)18-14/h10,14,17-18H,5-9H2,1-4H3. The molecule has 112 valence electrons. The molecule has 0 aromatic carbocycles. The molecule has 0 amide bonds. The molecule has 1 rings (SSSR count). The number of nitroso groups, excluding NO2 is 1. The predicted molar refractivity (Wildman–Crippen MR) is 84.7 cm³/mol. The van der Waals surface area contributed by atoms with Crippen molar-refractivity contribution in [2.75, 3.05) is 13.1 Å². The second-order valence-electron chi connectivity index (χ2n) is 5.04. The largest absolute Gasteiger partial charge is 0.369 e. The molecule has 0 radical (unpaired) electrons. The Labute approximate surface area is 121 Å². The Hall–Kier alpha value is -1.49. The van der Waals surface area contributed by atoms with E-state index in [1.807, 2.05) is 26.8 Å². The molecule has 0 spiro atoms. The average molecular weight is 278 g/mol. The minimum Gasteiger partial charge on any atom is -0.369 e. The van der Waals surface area contributed by atoms with Gasteiger partial charge in [-0.1, -0.05) is 19.8 Å². The lowest BCUT2D eigenvalue weighted by Crippen LogP contribution is -2.46. The molecule has 0 aromatic rings. The lowest BCUT2D eigenvalue weighted by molar-refractivity contribution is 0.499. The van der Waals surface area contributed by atoms with Gasteiger partial charge in [-0.3, -0.25) is 10.3 Å². The van der Waals surface area contributed by atoms with Gasteiger partial charge in [-0.25, -0.2) is 0 Å². The van der Waals surface area contributed by atoms with Gasteiger partial charge in [0.2, 0.25) is 0 Å². The molecule has 0 saturated heterocycles. The molecule has 0 saturated carbocycles. The Morgan fingerprint density at radius 1 is 1.35 bits per heavy atom. The number of unbranched alkanes of at least 4 members (excludes halogenated alkanes) is 2. The van der Waals surface area contributed by atoms with Crippen molar-refractivity contribution in [3.8, 4) is 0 Å². The second kappa shape index (κ2) is 8.64. The topological polar surface area (TPSA) is 65.8 Å². The van der Waals surface area contributed by atoms with E-state index >= 15 is 0 Å². The molecule has 1 aliphatic heterocycles. The lowest BCUT2D eigenvalue weighted by atomic mass is 10.0. The second-order valence-corrected chi connectivity index (χ2v) is 5.04. The maximum absolute atomic E-state index is 11.0. The molecule has 1 aliphatic rings. The Kier molecular flexibility index (Phi) is 7.15. The van der Waals surface area contributed by atoms with Crippen LogP contribution in [0.3, 0.4) is 0 Å². The van der Waals surface area contributed by atoms with Crippen molar-refractivity contribution in [1.29, 1.82) is 0 Å². The zero-order valence-corrected chi connectivity index (χ0v) is 13.0. The summed E-state index contributed by atoms with van der Waals surface area (Å²) >= 11 is 0. The maximum Gasteiger partial charge on any atom is 0.198 e. The van der Waals surface area contributed by atoms with Crippen LogP contribution in [0.2, 0.25) is 0 Å². The Morgan fingerprint density at radius 3 is 2.70 bits per heavy atom. The highest BCUT2D eigenvalue weighted by Gasteiger charge is 2.23. The Morgan fingerprint density at radius 2 is 2.10 bits per heavy atom. The van der Waals surface area contributed by atoms with Crippen LogP contribution in [0.1, 0.15) is 47.0 Å². The zero-order chi connectivity index (χ0) is 15.0.